The van der Waals surface area contributed by atoms with Crippen LogP contribution in [-0.2, 0) is 4.74 Å². The molecule has 1 aromatic heterocycles. The summed E-state index contributed by atoms with van der Waals surface area (Å²) in [7, 11) is 0. The van der Waals surface area contributed by atoms with Crippen molar-refractivity contribution in [2.45, 2.75) is 107 Å². The Kier molecular flexibility index (Phi) is 8.77. The normalized spacial score (nSPS) is 28.8. The van der Waals surface area contributed by atoms with E-state index in [1.807, 2.05) is 31.2 Å². The first-order valence-corrected chi connectivity index (χ1v) is 16.0. The van der Waals surface area contributed by atoms with Crippen LogP contribution in [0.3, 0.4) is 0 Å². The molecule has 0 spiro atoms. The molecule has 2 saturated heterocycles. The number of nitriles is 1. The molecular formula is C35H43F2N5O. The molecule has 5 atom stereocenters. The molecule has 0 bridgehead atoms. The van der Waals surface area contributed by atoms with Crippen molar-refractivity contribution in [2.24, 2.45) is 5.73 Å². The summed E-state index contributed by atoms with van der Waals surface area (Å²) in [6, 6.07) is 15.7. The maximum Gasteiger partial charge on any atom is 0.263 e. The van der Waals surface area contributed by atoms with E-state index in [1.165, 1.54) is 10.9 Å². The van der Waals surface area contributed by atoms with Gasteiger partial charge in [0.15, 0.2) is 0 Å². The first-order chi connectivity index (χ1) is 20.7. The summed E-state index contributed by atoms with van der Waals surface area (Å²) < 4.78 is 35.3. The number of piperidine rings is 1. The summed E-state index contributed by atoms with van der Waals surface area (Å²) in [6.07, 6.45) is 6.02. The van der Waals surface area contributed by atoms with Crippen LogP contribution in [0.15, 0.2) is 42.5 Å². The highest BCUT2D eigenvalue weighted by Gasteiger charge is 2.44. The van der Waals surface area contributed by atoms with E-state index in [0.29, 0.717) is 30.5 Å². The highest BCUT2D eigenvalue weighted by Crippen LogP contribution is 2.41. The third-order valence-corrected chi connectivity index (χ3v) is 10.0. The Bertz CT molecular complexity index is 1480. The molecule has 0 amide bonds. The Labute approximate surface area is 253 Å². The van der Waals surface area contributed by atoms with Crippen molar-refractivity contribution in [2.75, 3.05) is 19.6 Å². The van der Waals surface area contributed by atoms with Crippen molar-refractivity contribution in [1.29, 1.82) is 5.26 Å². The van der Waals surface area contributed by atoms with Gasteiger partial charge in [-0.25, -0.2) is 18.7 Å². The minimum absolute atomic E-state index is 0.161. The number of aromatic nitrogens is 2. The number of hydrogen-bond acceptors (Lipinski definition) is 6. The van der Waals surface area contributed by atoms with Crippen LogP contribution in [0.1, 0.15) is 104 Å². The Morgan fingerprint density at radius 3 is 2.47 bits per heavy atom. The Hall–Kier alpha value is -2.99. The lowest BCUT2D eigenvalue weighted by Crippen LogP contribution is -2.45. The van der Waals surface area contributed by atoms with Crippen LogP contribution in [0, 0.1) is 18.3 Å². The minimum atomic E-state index is -2.87. The molecule has 1 saturated carbocycles. The number of ether oxygens (including phenoxy) is 1. The summed E-state index contributed by atoms with van der Waals surface area (Å²) >= 11 is 0. The second-order valence-corrected chi connectivity index (χ2v) is 13.2. The highest BCUT2D eigenvalue weighted by molar-refractivity contribution is 5.91. The summed E-state index contributed by atoms with van der Waals surface area (Å²) in [5.41, 5.74) is 9.58. The van der Waals surface area contributed by atoms with Crippen molar-refractivity contribution in [1.82, 2.24) is 14.9 Å². The van der Waals surface area contributed by atoms with Crippen LogP contribution in [0.4, 0.5) is 8.78 Å². The largest absolute Gasteiger partial charge is 0.374 e. The number of hydrogen-bond donors (Lipinski definition) is 1. The Morgan fingerprint density at radius 2 is 1.72 bits per heavy atom. The van der Waals surface area contributed by atoms with Crippen molar-refractivity contribution >= 4 is 10.8 Å². The van der Waals surface area contributed by atoms with E-state index in [2.05, 4.69) is 41.1 Å². The number of nitrogens with two attached hydrogens (primary N) is 1. The third-order valence-electron chi connectivity index (χ3n) is 10.0. The summed E-state index contributed by atoms with van der Waals surface area (Å²) in [5.74, 6) is -1.93. The van der Waals surface area contributed by atoms with E-state index in [0.717, 1.165) is 74.1 Å². The summed E-state index contributed by atoms with van der Waals surface area (Å²) in [5, 5.41) is 11.8. The van der Waals surface area contributed by atoms with Gasteiger partial charge < -0.3 is 15.4 Å². The van der Waals surface area contributed by atoms with Crippen LogP contribution >= 0.6 is 0 Å². The van der Waals surface area contributed by atoms with Gasteiger partial charge in [-0.15, -0.1) is 0 Å². The number of benzene rings is 2. The average Bonchev–Trinajstić information content (AvgIpc) is 3.18. The van der Waals surface area contributed by atoms with E-state index in [1.54, 1.807) is 0 Å². The van der Waals surface area contributed by atoms with Gasteiger partial charge in [-0.3, -0.25) is 0 Å². The SMILES string of the molecule is Cc1cc(C2CCN(C[C@H]3CCC(c4ccc(C#N)c5ccccc45)C[C@@H](C)O3)CC2)nc(C2CCC(N)C(F)(F)C2)n1. The molecule has 43 heavy (non-hydrogen) atoms. The third kappa shape index (κ3) is 6.60. The molecule has 3 fully saturated rings. The number of rotatable bonds is 5. The zero-order valence-corrected chi connectivity index (χ0v) is 25.3. The summed E-state index contributed by atoms with van der Waals surface area (Å²) in [6.45, 7) is 6.99. The molecule has 3 aromatic rings. The molecule has 3 heterocycles. The van der Waals surface area contributed by atoms with Gasteiger partial charge in [0.1, 0.15) is 5.82 Å². The quantitative estimate of drug-likeness (QED) is 0.347. The van der Waals surface area contributed by atoms with Gasteiger partial charge >= 0.3 is 0 Å². The fourth-order valence-corrected chi connectivity index (χ4v) is 7.65. The standard InChI is InChI=1S/C35H43F2N5O/c1-22-17-32(41-34(40-22)26-9-12-33(39)35(36,37)19-26)24-13-15-42(16-14-24)21-28-10-7-25(18-23(2)43-28)30-11-8-27(20-38)29-5-3-4-6-31(29)30/h3-6,8,11,17,23-26,28,33H,7,9-10,12-16,18-19,21,39H2,1-2H3/t23-,25?,26?,28-,33?/m1/s1. The minimum Gasteiger partial charge on any atom is -0.374 e. The lowest BCUT2D eigenvalue weighted by molar-refractivity contribution is -0.0591. The smallest absolute Gasteiger partial charge is 0.263 e. The van der Waals surface area contributed by atoms with Gasteiger partial charge in [-0.1, -0.05) is 30.3 Å². The van der Waals surface area contributed by atoms with Crippen molar-refractivity contribution in [3.63, 3.8) is 0 Å². The molecule has 228 valence electrons. The van der Waals surface area contributed by atoms with Crippen LogP contribution < -0.4 is 5.73 Å². The predicted octanol–water partition coefficient (Wildman–Crippen LogP) is 6.96. The maximum atomic E-state index is 14.4. The maximum absolute atomic E-state index is 14.4. The fourth-order valence-electron chi connectivity index (χ4n) is 7.65. The van der Waals surface area contributed by atoms with Crippen molar-refractivity contribution in [3.8, 4) is 6.07 Å². The molecule has 2 aromatic carbocycles. The van der Waals surface area contributed by atoms with Gasteiger partial charge in [-0.05, 0) is 106 Å². The van der Waals surface area contributed by atoms with Gasteiger partial charge in [0.2, 0.25) is 0 Å². The van der Waals surface area contributed by atoms with Crippen molar-refractivity contribution < 1.29 is 13.5 Å². The lowest BCUT2D eigenvalue weighted by atomic mass is 9.82. The molecule has 2 aliphatic heterocycles. The molecule has 1 aliphatic carbocycles. The Morgan fingerprint density at radius 1 is 0.977 bits per heavy atom. The zero-order chi connectivity index (χ0) is 30.1. The number of alkyl halides is 2. The first-order valence-electron chi connectivity index (χ1n) is 16.0. The molecule has 3 aliphatic rings. The predicted molar refractivity (Wildman–Crippen MR) is 164 cm³/mol. The topological polar surface area (TPSA) is 88.1 Å². The molecule has 2 N–H and O–H groups in total. The molecular weight excluding hydrogens is 544 g/mol. The van der Waals surface area contributed by atoms with Crippen LogP contribution in [0.2, 0.25) is 0 Å². The zero-order valence-electron chi connectivity index (χ0n) is 25.3. The van der Waals surface area contributed by atoms with Crippen LogP contribution in [-0.4, -0.2) is 58.7 Å². The van der Waals surface area contributed by atoms with E-state index in [4.69, 9.17) is 15.5 Å². The number of nitrogens with zero attached hydrogens (tertiary/aromatic N) is 4. The molecule has 6 nitrogen and oxygen atoms in total. The number of aryl methyl sites for hydroxylation is 1. The number of likely N-dealkylation sites (tertiary alicyclic amines) is 1. The number of fused-ring (bicyclic) bond motifs is 1. The van der Waals surface area contributed by atoms with Gasteiger partial charge in [-0.2, -0.15) is 5.26 Å². The highest BCUT2D eigenvalue weighted by atomic mass is 19.3. The second-order valence-electron chi connectivity index (χ2n) is 13.2. The monoisotopic (exact) mass is 587 g/mol. The van der Waals surface area contributed by atoms with Gasteiger partial charge in [0.25, 0.3) is 5.92 Å². The van der Waals surface area contributed by atoms with Gasteiger partial charge in [0, 0.05) is 36.2 Å². The van der Waals surface area contributed by atoms with E-state index < -0.39 is 12.0 Å². The lowest BCUT2D eigenvalue weighted by Gasteiger charge is -2.35. The average molecular weight is 588 g/mol. The van der Waals surface area contributed by atoms with Crippen molar-refractivity contribution in [3.05, 3.63) is 70.8 Å². The molecule has 3 unspecified atom stereocenters. The molecule has 8 heteroatoms. The van der Waals surface area contributed by atoms with E-state index in [9.17, 15) is 14.0 Å². The summed E-state index contributed by atoms with van der Waals surface area (Å²) in [4.78, 5) is 12.0. The Balaban J connectivity index is 1.07. The first kappa shape index (κ1) is 30.1. The van der Waals surface area contributed by atoms with Crippen LogP contribution in [0.25, 0.3) is 10.8 Å². The van der Waals surface area contributed by atoms with E-state index in [-0.39, 0.29) is 24.5 Å². The second kappa shape index (κ2) is 12.6. The molecule has 0 radical (unpaired) electrons. The van der Waals surface area contributed by atoms with Gasteiger partial charge in [0.05, 0.1) is 29.9 Å². The van der Waals surface area contributed by atoms with Crippen LogP contribution in [0.5, 0.6) is 0 Å². The number of halogens is 2. The molecule has 6 rings (SSSR count). The fraction of sp³-hybridized carbons (Fsp3) is 0.571. The van der Waals surface area contributed by atoms with E-state index >= 15 is 0 Å².